The second-order valence-corrected chi connectivity index (χ2v) is 5.26. The number of thioether (sulfide) groups is 1. The number of nitrogens with zero attached hydrogens (tertiary/aromatic N) is 2. The van der Waals surface area contributed by atoms with Gasteiger partial charge in [-0.1, -0.05) is 19.9 Å². The fourth-order valence-electron chi connectivity index (χ4n) is 1.58. The van der Waals surface area contributed by atoms with Gasteiger partial charge in [-0.15, -0.1) is 11.8 Å². The minimum atomic E-state index is 0.532. The Bertz CT molecular complexity index is 478. The number of rotatable bonds is 4. The van der Waals surface area contributed by atoms with Gasteiger partial charge < -0.3 is 10.1 Å². The molecule has 0 saturated carbocycles. The molecule has 0 aliphatic rings. The van der Waals surface area contributed by atoms with E-state index in [1.54, 1.807) is 0 Å². The lowest BCUT2D eigenvalue weighted by molar-refractivity contribution is 0.887. The van der Waals surface area contributed by atoms with Crippen molar-refractivity contribution in [2.45, 2.75) is 37.1 Å². The summed E-state index contributed by atoms with van der Waals surface area (Å²) in [6.45, 7) is 4.94. The van der Waals surface area contributed by atoms with Crippen LogP contribution < -0.4 is 5.73 Å². The van der Waals surface area contributed by atoms with Gasteiger partial charge in [-0.3, -0.25) is 0 Å². The van der Waals surface area contributed by atoms with Crippen molar-refractivity contribution in [3.63, 3.8) is 0 Å². The fraction of sp³-hybridized carbons (Fsp3) is 0.417. The predicted octanol–water partition coefficient (Wildman–Crippen LogP) is 2.68. The highest BCUT2D eigenvalue weighted by molar-refractivity contribution is 7.99. The van der Waals surface area contributed by atoms with Crippen LogP contribution in [0.5, 0.6) is 0 Å². The smallest absolute Gasteiger partial charge is 0.138 e. The molecule has 2 N–H and O–H groups in total. The zero-order valence-electron chi connectivity index (χ0n) is 9.68. The zero-order valence-corrected chi connectivity index (χ0v) is 10.5. The number of fused-ring (bicyclic) bond motifs is 1. The third kappa shape index (κ3) is 2.08. The van der Waals surface area contributed by atoms with Crippen molar-refractivity contribution in [3.05, 3.63) is 30.1 Å². The number of hydrogen-bond acceptors (Lipinski definition) is 3. The van der Waals surface area contributed by atoms with Crippen LogP contribution in [0.2, 0.25) is 0 Å². The molecule has 2 aromatic heterocycles. The summed E-state index contributed by atoms with van der Waals surface area (Å²) in [4.78, 5) is 4.62. The van der Waals surface area contributed by atoms with E-state index in [1.807, 2.05) is 36.2 Å². The Morgan fingerprint density at radius 1 is 1.50 bits per heavy atom. The Hall–Kier alpha value is -1.00. The van der Waals surface area contributed by atoms with Gasteiger partial charge in [-0.05, 0) is 18.6 Å². The Balaban J connectivity index is 2.44. The Kier molecular flexibility index (Phi) is 3.51. The van der Waals surface area contributed by atoms with Gasteiger partial charge >= 0.3 is 0 Å². The molecule has 2 rings (SSSR count). The monoisotopic (exact) mass is 235 g/mol. The van der Waals surface area contributed by atoms with E-state index in [2.05, 4.69) is 23.2 Å². The molecule has 0 amide bonds. The Morgan fingerprint density at radius 3 is 3.00 bits per heavy atom. The maximum absolute atomic E-state index is 5.80. The first-order valence-electron chi connectivity index (χ1n) is 5.59. The molecule has 0 radical (unpaired) electrons. The Morgan fingerprint density at radius 2 is 2.31 bits per heavy atom. The highest BCUT2D eigenvalue weighted by Crippen LogP contribution is 2.28. The van der Waals surface area contributed by atoms with Crippen molar-refractivity contribution in [1.29, 1.82) is 0 Å². The molecular formula is C12H17N3S. The third-order valence-electron chi connectivity index (χ3n) is 2.67. The van der Waals surface area contributed by atoms with Crippen LogP contribution in [-0.2, 0) is 6.54 Å². The first-order chi connectivity index (χ1) is 7.76. The molecule has 0 fully saturated rings. The first-order valence-corrected chi connectivity index (χ1v) is 6.47. The second-order valence-electron chi connectivity index (χ2n) is 3.83. The highest BCUT2D eigenvalue weighted by atomic mass is 32.2. The van der Waals surface area contributed by atoms with Crippen LogP contribution in [0.1, 0.15) is 26.0 Å². The molecule has 4 heteroatoms. The van der Waals surface area contributed by atoms with E-state index < -0.39 is 0 Å². The highest BCUT2D eigenvalue weighted by Gasteiger charge is 2.13. The molecule has 1 unspecified atom stereocenters. The van der Waals surface area contributed by atoms with E-state index in [4.69, 9.17) is 5.73 Å². The fourth-order valence-corrected chi connectivity index (χ4v) is 2.59. The summed E-state index contributed by atoms with van der Waals surface area (Å²) >= 11 is 1.81. The predicted molar refractivity (Wildman–Crippen MR) is 68.7 cm³/mol. The van der Waals surface area contributed by atoms with Crippen LogP contribution >= 0.6 is 11.8 Å². The molecule has 0 aliphatic heterocycles. The van der Waals surface area contributed by atoms with Crippen LogP contribution in [0.3, 0.4) is 0 Å². The number of hydrogen-bond donors (Lipinski definition) is 1. The molecule has 0 bridgehead atoms. The minimum absolute atomic E-state index is 0.532. The van der Waals surface area contributed by atoms with Crippen LogP contribution in [0, 0.1) is 0 Å². The topological polar surface area (TPSA) is 43.3 Å². The molecule has 0 spiro atoms. The van der Waals surface area contributed by atoms with Crippen molar-refractivity contribution < 1.29 is 0 Å². The lowest BCUT2D eigenvalue weighted by atomic mass is 10.4. The van der Waals surface area contributed by atoms with Crippen LogP contribution in [0.4, 0.5) is 0 Å². The van der Waals surface area contributed by atoms with Gasteiger partial charge in [0.15, 0.2) is 0 Å². The van der Waals surface area contributed by atoms with Crippen molar-refractivity contribution >= 4 is 17.4 Å². The molecule has 2 heterocycles. The number of aromatic nitrogens is 2. The molecule has 1 atom stereocenters. The van der Waals surface area contributed by atoms with Gasteiger partial charge in [-0.25, -0.2) is 4.98 Å². The zero-order chi connectivity index (χ0) is 11.5. The quantitative estimate of drug-likeness (QED) is 0.829. The van der Waals surface area contributed by atoms with E-state index in [9.17, 15) is 0 Å². The number of pyridine rings is 1. The van der Waals surface area contributed by atoms with Crippen LogP contribution in [-0.4, -0.2) is 14.6 Å². The molecule has 86 valence electrons. The van der Waals surface area contributed by atoms with Gasteiger partial charge in [-0.2, -0.15) is 0 Å². The number of nitrogens with two attached hydrogens (primary N) is 1. The minimum Gasteiger partial charge on any atom is -0.325 e. The van der Waals surface area contributed by atoms with Crippen molar-refractivity contribution in [3.8, 4) is 0 Å². The summed E-state index contributed by atoms with van der Waals surface area (Å²) in [5.41, 5.74) is 7.90. The standard InChI is InChI=1S/C12H17N3S/c1-3-9(2)16-12-10(8-13)15-7-5-4-6-11(15)14-12/h4-7,9H,3,8,13H2,1-2H3. The SMILES string of the molecule is CCC(C)Sc1nc2ccccn2c1CN. The molecule has 0 saturated heterocycles. The molecule has 16 heavy (non-hydrogen) atoms. The first kappa shape index (κ1) is 11.5. The maximum Gasteiger partial charge on any atom is 0.138 e. The van der Waals surface area contributed by atoms with Crippen LogP contribution in [0.15, 0.2) is 29.4 Å². The van der Waals surface area contributed by atoms with E-state index in [0.29, 0.717) is 11.8 Å². The van der Waals surface area contributed by atoms with Crippen molar-refractivity contribution in [2.75, 3.05) is 0 Å². The summed E-state index contributed by atoms with van der Waals surface area (Å²) in [5, 5.41) is 1.65. The summed E-state index contributed by atoms with van der Waals surface area (Å²) in [6.07, 6.45) is 3.16. The van der Waals surface area contributed by atoms with Crippen molar-refractivity contribution in [1.82, 2.24) is 9.38 Å². The van der Waals surface area contributed by atoms with Gasteiger partial charge in [0.25, 0.3) is 0 Å². The van der Waals surface area contributed by atoms with Crippen LogP contribution in [0.25, 0.3) is 5.65 Å². The van der Waals surface area contributed by atoms with Gasteiger partial charge in [0.05, 0.1) is 5.69 Å². The number of imidazole rings is 1. The van der Waals surface area contributed by atoms with Gasteiger partial charge in [0.2, 0.25) is 0 Å². The second kappa shape index (κ2) is 4.89. The maximum atomic E-state index is 5.80. The molecule has 0 aromatic carbocycles. The molecule has 2 aromatic rings. The van der Waals surface area contributed by atoms with Crippen molar-refractivity contribution in [2.24, 2.45) is 5.73 Å². The molecule has 3 nitrogen and oxygen atoms in total. The van der Waals surface area contributed by atoms with E-state index >= 15 is 0 Å². The average molecular weight is 235 g/mol. The Labute approximate surface area is 100 Å². The summed E-state index contributed by atoms with van der Waals surface area (Å²) in [7, 11) is 0. The normalized spacial score (nSPS) is 13.2. The lowest BCUT2D eigenvalue weighted by Crippen LogP contribution is -2.03. The third-order valence-corrected chi connectivity index (χ3v) is 3.96. The summed E-state index contributed by atoms with van der Waals surface area (Å²) in [5.74, 6) is 0. The van der Waals surface area contributed by atoms with E-state index in [-0.39, 0.29) is 0 Å². The molecular weight excluding hydrogens is 218 g/mol. The summed E-state index contributed by atoms with van der Waals surface area (Å²) in [6, 6.07) is 6.02. The summed E-state index contributed by atoms with van der Waals surface area (Å²) < 4.78 is 2.07. The molecule has 0 aliphatic carbocycles. The average Bonchev–Trinajstić information content (AvgIpc) is 2.65. The lowest BCUT2D eigenvalue weighted by Gasteiger charge is -2.06. The van der Waals surface area contributed by atoms with E-state index in [1.165, 1.54) is 0 Å². The van der Waals surface area contributed by atoms with E-state index in [0.717, 1.165) is 22.8 Å². The van der Waals surface area contributed by atoms with Gasteiger partial charge in [0.1, 0.15) is 10.7 Å². The largest absolute Gasteiger partial charge is 0.325 e. The van der Waals surface area contributed by atoms with Gasteiger partial charge in [0, 0.05) is 18.0 Å².